The number of aromatic nitrogens is 4. The first-order valence-electron chi connectivity index (χ1n) is 13.5. The van der Waals surface area contributed by atoms with E-state index in [1.54, 1.807) is 0 Å². The number of para-hydroxylation sites is 4. The Bertz CT molecular complexity index is 2280. The number of hydrogen-bond acceptors (Lipinski definition) is 2. The summed E-state index contributed by atoms with van der Waals surface area (Å²) in [5, 5.41) is 7.14. The standard InChI is InChI=1S/C36H22N4/c1-5-13-29-23(9-1)17-19-35(37-29)39-31-15-7-3-11-25(31)27-21-28-26-12-4-8-16-32(26)40(34(28)22-33(27)39)36-20-18-24-10-2-6-14-30(24)38-36/h1-22H. The van der Waals surface area contributed by atoms with Gasteiger partial charge in [-0.1, -0.05) is 72.8 Å². The summed E-state index contributed by atoms with van der Waals surface area (Å²) in [6.07, 6.45) is 0. The molecule has 0 N–H and O–H groups in total. The Morgan fingerprint density at radius 1 is 0.350 bits per heavy atom. The lowest BCUT2D eigenvalue weighted by Gasteiger charge is -2.10. The van der Waals surface area contributed by atoms with Crippen molar-refractivity contribution in [3.63, 3.8) is 0 Å². The highest BCUT2D eigenvalue weighted by molar-refractivity contribution is 6.19. The number of hydrogen-bond donors (Lipinski definition) is 0. The van der Waals surface area contributed by atoms with Crippen molar-refractivity contribution in [3.05, 3.63) is 133 Å². The largest absolute Gasteiger partial charge is 0.294 e. The molecule has 0 spiro atoms. The molecule has 0 saturated heterocycles. The fraction of sp³-hybridized carbons (Fsp3) is 0. The minimum Gasteiger partial charge on any atom is -0.294 e. The van der Waals surface area contributed by atoms with Crippen LogP contribution in [0, 0.1) is 0 Å². The van der Waals surface area contributed by atoms with Crippen LogP contribution in [0.3, 0.4) is 0 Å². The van der Waals surface area contributed by atoms with E-state index in [0.717, 1.165) is 55.5 Å². The molecule has 9 aromatic rings. The number of fused-ring (bicyclic) bond motifs is 8. The number of rotatable bonds is 2. The van der Waals surface area contributed by atoms with Crippen LogP contribution in [0.2, 0.25) is 0 Å². The van der Waals surface area contributed by atoms with Crippen molar-refractivity contribution in [2.75, 3.05) is 0 Å². The molecular weight excluding hydrogens is 488 g/mol. The molecule has 0 amide bonds. The molecule has 4 aromatic heterocycles. The minimum atomic E-state index is 0.913. The second kappa shape index (κ2) is 8.01. The molecule has 186 valence electrons. The summed E-state index contributed by atoms with van der Waals surface area (Å²) in [5.41, 5.74) is 6.52. The fourth-order valence-electron chi connectivity index (χ4n) is 6.28. The Morgan fingerprint density at radius 3 is 1.32 bits per heavy atom. The first-order valence-corrected chi connectivity index (χ1v) is 13.5. The van der Waals surface area contributed by atoms with Crippen LogP contribution in [0.4, 0.5) is 0 Å². The van der Waals surface area contributed by atoms with E-state index in [2.05, 4.69) is 130 Å². The summed E-state index contributed by atoms with van der Waals surface area (Å²) in [7, 11) is 0. The van der Waals surface area contributed by atoms with E-state index in [4.69, 9.17) is 9.97 Å². The van der Waals surface area contributed by atoms with Gasteiger partial charge in [0.15, 0.2) is 0 Å². The minimum absolute atomic E-state index is 0.913. The first-order chi connectivity index (χ1) is 19.8. The number of pyridine rings is 2. The molecule has 4 heteroatoms. The Labute approximate surface area is 229 Å². The van der Waals surface area contributed by atoms with Crippen molar-refractivity contribution >= 4 is 65.4 Å². The van der Waals surface area contributed by atoms with E-state index in [0.29, 0.717) is 0 Å². The van der Waals surface area contributed by atoms with E-state index < -0.39 is 0 Å². The second-order valence-corrected chi connectivity index (χ2v) is 10.3. The Morgan fingerprint density at radius 2 is 0.800 bits per heavy atom. The van der Waals surface area contributed by atoms with Crippen molar-refractivity contribution in [3.8, 4) is 11.6 Å². The van der Waals surface area contributed by atoms with Crippen molar-refractivity contribution in [2.24, 2.45) is 0 Å². The van der Waals surface area contributed by atoms with E-state index in [1.165, 1.54) is 21.5 Å². The van der Waals surface area contributed by atoms with E-state index in [1.807, 2.05) is 12.1 Å². The van der Waals surface area contributed by atoms with Crippen molar-refractivity contribution in [2.45, 2.75) is 0 Å². The average Bonchev–Trinajstić information content (AvgIpc) is 3.51. The van der Waals surface area contributed by atoms with Gasteiger partial charge in [0.25, 0.3) is 0 Å². The monoisotopic (exact) mass is 510 g/mol. The lowest BCUT2D eigenvalue weighted by Crippen LogP contribution is -1.99. The quantitative estimate of drug-likeness (QED) is 0.233. The van der Waals surface area contributed by atoms with Gasteiger partial charge in [-0.15, -0.1) is 0 Å². The summed E-state index contributed by atoms with van der Waals surface area (Å²) in [4.78, 5) is 10.2. The van der Waals surface area contributed by atoms with Crippen molar-refractivity contribution in [1.82, 2.24) is 19.1 Å². The van der Waals surface area contributed by atoms with Crippen LogP contribution in [-0.4, -0.2) is 19.1 Å². The number of benzene rings is 5. The van der Waals surface area contributed by atoms with Gasteiger partial charge in [0.2, 0.25) is 0 Å². The molecule has 4 heterocycles. The highest BCUT2D eigenvalue weighted by Crippen LogP contribution is 2.39. The molecule has 0 bridgehead atoms. The summed E-state index contributed by atoms with van der Waals surface area (Å²) in [5.74, 6) is 1.83. The Hall–Kier alpha value is -5.48. The summed E-state index contributed by atoms with van der Waals surface area (Å²) < 4.78 is 4.60. The van der Waals surface area contributed by atoms with Gasteiger partial charge in [-0.05, 0) is 60.7 Å². The first kappa shape index (κ1) is 21.5. The zero-order valence-electron chi connectivity index (χ0n) is 21.5. The van der Waals surface area contributed by atoms with Gasteiger partial charge in [0.05, 0.1) is 33.1 Å². The van der Waals surface area contributed by atoms with E-state index in [-0.39, 0.29) is 0 Å². The van der Waals surface area contributed by atoms with Crippen LogP contribution in [0.1, 0.15) is 0 Å². The van der Waals surface area contributed by atoms with Crippen molar-refractivity contribution in [1.29, 1.82) is 0 Å². The maximum Gasteiger partial charge on any atom is 0.138 e. The lowest BCUT2D eigenvalue weighted by atomic mass is 10.1. The highest BCUT2D eigenvalue weighted by Gasteiger charge is 2.19. The smallest absolute Gasteiger partial charge is 0.138 e. The van der Waals surface area contributed by atoms with Gasteiger partial charge in [-0.3, -0.25) is 9.13 Å². The SMILES string of the molecule is c1ccc2nc(-n3c4ccccc4c4cc5c6ccccc6n(-c6ccc7ccccc7n6)c5cc43)ccc2c1. The maximum atomic E-state index is 5.10. The van der Waals surface area contributed by atoms with Crippen LogP contribution in [0.5, 0.6) is 0 Å². The third kappa shape index (κ3) is 2.96. The molecule has 0 aliphatic carbocycles. The number of nitrogens with zero attached hydrogens (tertiary/aromatic N) is 4. The summed E-state index contributed by atoms with van der Waals surface area (Å²) in [6.45, 7) is 0. The molecule has 0 atom stereocenters. The third-order valence-corrected chi connectivity index (χ3v) is 8.09. The zero-order valence-corrected chi connectivity index (χ0v) is 21.5. The highest BCUT2D eigenvalue weighted by atomic mass is 15.1. The Balaban J connectivity index is 1.43. The van der Waals surface area contributed by atoms with Gasteiger partial charge < -0.3 is 0 Å². The molecule has 0 aliphatic rings. The lowest BCUT2D eigenvalue weighted by molar-refractivity contribution is 1.09. The predicted molar refractivity (Wildman–Crippen MR) is 166 cm³/mol. The molecule has 0 radical (unpaired) electrons. The van der Waals surface area contributed by atoms with Crippen LogP contribution in [0.25, 0.3) is 77.1 Å². The van der Waals surface area contributed by atoms with Crippen LogP contribution >= 0.6 is 0 Å². The zero-order chi connectivity index (χ0) is 26.2. The molecule has 9 rings (SSSR count). The van der Waals surface area contributed by atoms with Crippen molar-refractivity contribution < 1.29 is 0 Å². The topological polar surface area (TPSA) is 35.6 Å². The normalized spacial score (nSPS) is 12.0. The van der Waals surface area contributed by atoms with E-state index in [9.17, 15) is 0 Å². The van der Waals surface area contributed by atoms with E-state index >= 15 is 0 Å². The van der Waals surface area contributed by atoms with Gasteiger partial charge in [0.1, 0.15) is 11.6 Å². The van der Waals surface area contributed by atoms with Gasteiger partial charge in [-0.2, -0.15) is 0 Å². The van der Waals surface area contributed by atoms with Gasteiger partial charge in [-0.25, -0.2) is 9.97 Å². The molecule has 0 fully saturated rings. The summed E-state index contributed by atoms with van der Waals surface area (Å²) in [6, 6.07) is 47.1. The molecule has 4 nitrogen and oxygen atoms in total. The van der Waals surface area contributed by atoms with Gasteiger partial charge in [0, 0.05) is 32.3 Å². The molecule has 5 aromatic carbocycles. The molecule has 0 unspecified atom stereocenters. The molecular formula is C36H22N4. The third-order valence-electron chi connectivity index (χ3n) is 8.09. The Kier molecular flexibility index (Phi) is 4.30. The molecule has 0 aliphatic heterocycles. The molecule has 40 heavy (non-hydrogen) atoms. The van der Waals surface area contributed by atoms with Crippen LogP contribution < -0.4 is 0 Å². The summed E-state index contributed by atoms with van der Waals surface area (Å²) >= 11 is 0. The molecule has 0 saturated carbocycles. The second-order valence-electron chi connectivity index (χ2n) is 10.3. The maximum absolute atomic E-state index is 5.10. The van der Waals surface area contributed by atoms with Crippen LogP contribution in [-0.2, 0) is 0 Å². The van der Waals surface area contributed by atoms with Crippen LogP contribution in [0.15, 0.2) is 133 Å². The average molecular weight is 511 g/mol. The predicted octanol–water partition coefficient (Wildman–Crippen LogP) is 8.98. The fourth-order valence-corrected chi connectivity index (χ4v) is 6.28. The van der Waals surface area contributed by atoms with Gasteiger partial charge >= 0.3 is 0 Å².